The molecule has 1 heterocycles. The lowest BCUT2D eigenvalue weighted by molar-refractivity contribution is -0.135. The van der Waals surface area contributed by atoms with Gasteiger partial charge in [-0.05, 0) is 73.8 Å². The second-order valence-electron chi connectivity index (χ2n) is 11.4. The molecule has 37 heavy (non-hydrogen) atoms. The van der Waals surface area contributed by atoms with E-state index < -0.39 is 27.8 Å². The summed E-state index contributed by atoms with van der Waals surface area (Å²) >= 11 is 1.15. The molecule has 11 heteroatoms. The Morgan fingerprint density at radius 2 is 2.00 bits per heavy atom. The van der Waals surface area contributed by atoms with Gasteiger partial charge < -0.3 is 4.74 Å². The standard InChI is InChI=1S/C26H33N3O6S2/c1-14-13-27-23(36-14)28-37(33,34)29-24(32)35-21-12-26(4)19(15(2)30)7-8-20(26)18-6-5-16-11-17(31)9-10-25(16,3)22(18)21/h5-6,11,13,18-22H,7-10,12H2,1-4H3,(H,27,28)(H,29,32)/t18?,19-,20+,21+,22?,25-,26-/m1/s1. The number of nitrogens with one attached hydrogen (secondary N) is 2. The molecule has 1 aromatic heterocycles. The summed E-state index contributed by atoms with van der Waals surface area (Å²) in [5.74, 6) is 0.218. The van der Waals surface area contributed by atoms with Gasteiger partial charge in [0.25, 0.3) is 0 Å². The molecule has 0 saturated heterocycles. The molecule has 0 aliphatic heterocycles. The fourth-order valence-corrected chi connectivity index (χ4v) is 9.30. The number of amides is 1. The number of hydrogen-bond acceptors (Lipinski definition) is 8. The number of ketones is 2. The number of allylic oxidation sites excluding steroid dienone is 4. The van der Waals surface area contributed by atoms with Crippen molar-refractivity contribution in [3.05, 3.63) is 34.9 Å². The molecule has 0 aromatic carbocycles. The number of thiazole rings is 1. The van der Waals surface area contributed by atoms with Crippen LogP contribution in [0.4, 0.5) is 9.93 Å². The van der Waals surface area contributed by atoms with E-state index in [1.54, 1.807) is 19.9 Å². The molecule has 4 aliphatic carbocycles. The normalized spacial score (nSPS) is 36.6. The summed E-state index contributed by atoms with van der Waals surface area (Å²) in [6, 6.07) is 0. The third-order valence-corrected chi connectivity index (χ3v) is 11.1. The number of Topliss-reactive ketones (excluding diaryl/α,β-unsaturated/α-hetero) is 1. The number of nitrogens with zero attached hydrogens (tertiary/aromatic N) is 1. The molecule has 1 amide bonds. The van der Waals surface area contributed by atoms with Crippen molar-refractivity contribution in [2.75, 3.05) is 4.72 Å². The number of aromatic nitrogens is 1. The molecule has 5 rings (SSSR count). The molecule has 9 nitrogen and oxygen atoms in total. The Labute approximate surface area is 221 Å². The minimum absolute atomic E-state index is 0.0456. The van der Waals surface area contributed by atoms with Crippen LogP contribution in [0.2, 0.25) is 0 Å². The number of aryl methyl sites for hydroxylation is 1. The maximum atomic E-state index is 13.0. The van der Waals surface area contributed by atoms with Gasteiger partial charge in [-0.25, -0.2) is 19.2 Å². The van der Waals surface area contributed by atoms with E-state index in [0.29, 0.717) is 19.3 Å². The van der Waals surface area contributed by atoms with Crippen LogP contribution in [0.5, 0.6) is 0 Å². The van der Waals surface area contributed by atoms with Crippen molar-refractivity contribution in [2.45, 2.75) is 65.9 Å². The summed E-state index contributed by atoms with van der Waals surface area (Å²) in [5.41, 5.74) is 0.153. The van der Waals surface area contributed by atoms with E-state index in [4.69, 9.17) is 4.74 Å². The molecule has 7 atom stereocenters. The quantitative estimate of drug-likeness (QED) is 0.561. The average molecular weight is 548 g/mol. The van der Waals surface area contributed by atoms with Crippen LogP contribution in [0.1, 0.15) is 57.8 Å². The SMILES string of the molecule is CC(=O)[C@H]1CC[C@H]2C3C=CC4=CC(=O)CC[C@@]4(C)C3[C@@H](OC(=O)NS(=O)(=O)Nc3ncc(C)s3)C[C@]12C. The Balaban J connectivity index is 1.45. The van der Waals surface area contributed by atoms with E-state index in [0.717, 1.165) is 34.6 Å². The first-order valence-corrected chi connectivity index (χ1v) is 15.0. The third-order valence-electron chi connectivity index (χ3n) is 9.24. The zero-order valence-electron chi connectivity index (χ0n) is 21.4. The number of rotatable bonds is 5. The number of ether oxygens (including phenoxy) is 1. The molecule has 200 valence electrons. The first-order valence-electron chi connectivity index (χ1n) is 12.7. The molecule has 2 N–H and O–H groups in total. The highest BCUT2D eigenvalue weighted by Crippen LogP contribution is 2.65. The minimum atomic E-state index is -4.25. The fourth-order valence-electron chi connectivity index (χ4n) is 7.68. The van der Waals surface area contributed by atoms with E-state index in [1.807, 2.05) is 10.8 Å². The molecule has 2 unspecified atom stereocenters. The monoisotopic (exact) mass is 547 g/mol. The lowest BCUT2D eigenvalue weighted by Crippen LogP contribution is -2.57. The van der Waals surface area contributed by atoms with Crippen LogP contribution in [-0.4, -0.2) is 37.2 Å². The Bertz CT molecular complexity index is 1320. The number of carbonyl (C=O) groups excluding carboxylic acids is 3. The van der Waals surface area contributed by atoms with Crippen LogP contribution < -0.4 is 9.44 Å². The maximum Gasteiger partial charge on any atom is 0.422 e. The molecule has 0 radical (unpaired) electrons. The summed E-state index contributed by atoms with van der Waals surface area (Å²) in [6.07, 6.45) is 8.89. The first-order chi connectivity index (χ1) is 17.3. The summed E-state index contributed by atoms with van der Waals surface area (Å²) in [4.78, 5) is 42.6. The second kappa shape index (κ2) is 9.04. The predicted molar refractivity (Wildman–Crippen MR) is 139 cm³/mol. The van der Waals surface area contributed by atoms with E-state index in [1.165, 1.54) is 6.20 Å². The highest BCUT2D eigenvalue weighted by Gasteiger charge is 2.63. The zero-order chi connectivity index (χ0) is 26.8. The van der Waals surface area contributed by atoms with Crippen molar-refractivity contribution in [2.24, 2.45) is 34.5 Å². The van der Waals surface area contributed by atoms with Crippen molar-refractivity contribution >= 4 is 44.3 Å². The predicted octanol–water partition coefficient (Wildman–Crippen LogP) is 4.33. The van der Waals surface area contributed by atoms with E-state index in [9.17, 15) is 22.8 Å². The van der Waals surface area contributed by atoms with Crippen LogP contribution in [0.3, 0.4) is 0 Å². The highest BCUT2D eigenvalue weighted by atomic mass is 32.2. The largest absolute Gasteiger partial charge is 0.445 e. The smallest absolute Gasteiger partial charge is 0.422 e. The maximum absolute atomic E-state index is 13.0. The molecule has 0 spiro atoms. The summed E-state index contributed by atoms with van der Waals surface area (Å²) in [6.45, 7) is 7.64. The van der Waals surface area contributed by atoms with Crippen LogP contribution in [-0.2, 0) is 24.5 Å². The van der Waals surface area contributed by atoms with Crippen molar-refractivity contribution in [1.29, 1.82) is 0 Å². The van der Waals surface area contributed by atoms with Crippen LogP contribution >= 0.6 is 11.3 Å². The Morgan fingerprint density at radius 3 is 2.68 bits per heavy atom. The van der Waals surface area contributed by atoms with Crippen LogP contribution in [0.25, 0.3) is 0 Å². The number of anilines is 1. The molecule has 2 fully saturated rings. The number of hydrogen-bond donors (Lipinski definition) is 2. The molecule has 1 aromatic rings. The van der Waals surface area contributed by atoms with Gasteiger partial charge >= 0.3 is 16.3 Å². The summed E-state index contributed by atoms with van der Waals surface area (Å²) < 4.78 is 35.4. The lowest BCUT2D eigenvalue weighted by atomic mass is 9.47. The van der Waals surface area contributed by atoms with Gasteiger partial charge in [0.2, 0.25) is 0 Å². The summed E-state index contributed by atoms with van der Waals surface area (Å²) in [5, 5.41) is 0.146. The van der Waals surface area contributed by atoms with E-state index in [-0.39, 0.29) is 45.8 Å². The van der Waals surface area contributed by atoms with Gasteiger partial charge in [-0.1, -0.05) is 26.0 Å². The molecule has 0 bridgehead atoms. The summed E-state index contributed by atoms with van der Waals surface area (Å²) in [7, 11) is -4.25. The molecular formula is C26H33N3O6S2. The van der Waals surface area contributed by atoms with Crippen molar-refractivity contribution in [3.8, 4) is 0 Å². The van der Waals surface area contributed by atoms with Gasteiger partial charge in [0.15, 0.2) is 10.9 Å². The lowest BCUT2D eigenvalue weighted by Gasteiger charge is -2.58. The highest BCUT2D eigenvalue weighted by molar-refractivity contribution is 7.91. The van der Waals surface area contributed by atoms with E-state index in [2.05, 4.69) is 29.6 Å². The van der Waals surface area contributed by atoms with Crippen LogP contribution in [0.15, 0.2) is 30.0 Å². The second-order valence-corrected chi connectivity index (χ2v) is 14.1. The topological polar surface area (TPSA) is 132 Å². The Kier molecular flexibility index (Phi) is 6.38. The number of fused-ring (bicyclic) bond motifs is 5. The van der Waals surface area contributed by atoms with Crippen LogP contribution in [0, 0.1) is 41.4 Å². The zero-order valence-corrected chi connectivity index (χ0v) is 23.1. The molecule has 2 saturated carbocycles. The third kappa shape index (κ3) is 4.54. The van der Waals surface area contributed by atoms with Gasteiger partial charge in [-0.3, -0.25) is 9.59 Å². The van der Waals surface area contributed by atoms with Gasteiger partial charge in [0.1, 0.15) is 11.9 Å². The molecule has 4 aliphatic rings. The van der Waals surface area contributed by atoms with Gasteiger partial charge in [0.05, 0.1) is 0 Å². The fraction of sp³-hybridized carbons (Fsp3) is 0.615. The van der Waals surface area contributed by atoms with Crippen molar-refractivity contribution < 1.29 is 27.5 Å². The minimum Gasteiger partial charge on any atom is -0.445 e. The van der Waals surface area contributed by atoms with Crippen molar-refractivity contribution in [3.63, 3.8) is 0 Å². The van der Waals surface area contributed by atoms with Gasteiger partial charge in [-0.2, -0.15) is 8.42 Å². The average Bonchev–Trinajstić information content (AvgIpc) is 3.34. The number of carbonyl (C=O) groups is 3. The molecular weight excluding hydrogens is 514 g/mol. The van der Waals surface area contributed by atoms with E-state index >= 15 is 0 Å². The van der Waals surface area contributed by atoms with Gasteiger partial charge in [0, 0.05) is 29.3 Å². The Morgan fingerprint density at radius 1 is 1.24 bits per heavy atom. The Hall–Kier alpha value is -2.53. The first kappa shape index (κ1) is 26.1. The van der Waals surface area contributed by atoms with Crippen molar-refractivity contribution in [1.82, 2.24) is 9.71 Å². The van der Waals surface area contributed by atoms with Gasteiger partial charge in [-0.15, -0.1) is 11.3 Å².